The minimum Gasteiger partial charge on any atom is -0.399 e. The molecule has 0 aliphatic heterocycles. The molecular weight excluding hydrogens is 336 g/mol. The molecule has 4 rings (SSSR count). The summed E-state index contributed by atoms with van der Waals surface area (Å²) in [5, 5.41) is 9.01. The van der Waals surface area contributed by atoms with Crippen LogP contribution in [0.5, 0.6) is 0 Å². The first-order valence-electron chi connectivity index (χ1n) is 11.2. The van der Waals surface area contributed by atoms with Crippen LogP contribution in [0.3, 0.4) is 0 Å². The largest absolute Gasteiger partial charge is 0.399 e. The second-order valence-electron chi connectivity index (χ2n) is 10.2. The van der Waals surface area contributed by atoms with Gasteiger partial charge in [0.1, 0.15) is 14.2 Å². The molecule has 0 spiro atoms. The number of nitrogens with zero attached hydrogens (tertiary/aromatic N) is 2. The van der Waals surface area contributed by atoms with Gasteiger partial charge >= 0.3 is 0 Å². The van der Waals surface area contributed by atoms with Crippen LogP contribution in [-0.2, 0) is 9.68 Å². The maximum Gasteiger partial charge on any atom is 0.106 e. The summed E-state index contributed by atoms with van der Waals surface area (Å²) in [6.07, 6.45) is 11.4. The molecule has 4 nitrogen and oxygen atoms in total. The van der Waals surface area contributed by atoms with Crippen LogP contribution in [0.2, 0.25) is 0 Å². The summed E-state index contributed by atoms with van der Waals surface area (Å²) in [7, 11) is 3.41. The van der Waals surface area contributed by atoms with E-state index in [0.717, 1.165) is 37.0 Å². The number of hydrogen-bond acceptors (Lipinski definition) is 4. The molecule has 152 valence electrons. The predicted octanol–water partition coefficient (Wildman–Crippen LogP) is 5.67. The van der Waals surface area contributed by atoms with E-state index in [2.05, 4.69) is 25.9 Å². The third-order valence-corrected chi connectivity index (χ3v) is 9.32. The Labute approximate surface area is 165 Å². The lowest BCUT2D eigenvalue weighted by Crippen LogP contribution is -2.57. The molecule has 4 aliphatic rings. The number of rotatable bonds is 3. The lowest BCUT2D eigenvalue weighted by Gasteiger charge is -2.60. The van der Waals surface area contributed by atoms with Crippen molar-refractivity contribution in [3.63, 3.8) is 0 Å². The first-order valence-corrected chi connectivity index (χ1v) is 11.2. The van der Waals surface area contributed by atoms with Crippen LogP contribution in [0.4, 0.5) is 0 Å². The van der Waals surface area contributed by atoms with Gasteiger partial charge in [-0.05, 0) is 85.9 Å². The zero-order valence-electron chi connectivity index (χ0n) is 18.0. The van der Waals surface area contributed by atoms with Gasteiger partial charge in [-0.25, -0.2) is 0 Å². The highest BCUT2D eigenvalue weighted by Crippen LogP contribution is 2.66. The molecule has 4 heteroatoms. The van der Waals surface area contributed by atoms with E-state index < -0.39 is 0 Å². The van der Waals surface area contributed by atoms with Crippen LogP contribution >= 0.6 is 0 Å². The van der Waals surface area contributed by atoms with E-state index in [1.807, 2.05) is 0 Å². The highest BCUT2D eigenvalue weighted by Gasteiger charge is 2.62. The van der Waals surface area contributed by atoms with E-state index in [1.54, 1.807) is 14.2 Å². The molecule has 0 N–H and O–H groups in total. The van der Waals surface area contributed by atoms with Crippen LogP contribution in [-0.4, -0.2) is 25.6 Å². The first kappa shape index (κ1) is 19.3. The lowest BCUT2D eigenvalue weighted by molar-refractivity contribution is -0.0478. The number of fused-ring (bicyclic) bond motifs is 5. The second kappa shape index (κ2) is 7.08. The van der Waals surface area contributed by atoms with Crippen LogP contribution in [0, 0.1) is 40.4 Å². The maximum absolute atomic E-state index is 5.42. The van der Waals surface area contributed by atoms with Crippen LogP contribution in [0.15, 0.2) is 10.3 Å². The van der Waals surface area contributed by atoms with Gasteiger partial charge in [-0.3, -0.25) is 0 Å². The number of oxime groups is 2. The van der Waals surface area contributed by atoms with Gasteiger partial charge in [0.25, 0.3) is 0 Å². The SMILES string of the molecule is CC[C@H]1CCC2C3CC[C@H]4CC(=NOC)CC[C@]4(C)C3C(=NOC)C[C@@]21C. The van der Waals surface area contributed by atoms with Crippen molar-refractivity contribution < 1.29 is 9.68 Å². The van der Waals surface area contributed by atoms with Crippen molar-refractivity contribution in [2.24, 2.45) is 50.7 Å². The molecule has 0 aromatic heterocycles. The van der Waals surface area contributed by atoms with Crippen molar-refractivity contribution in [2.75, 3.05) is 14.2 Å². The zero-order chi connectivity index (χ0) is 19.2. The molecule has 0 bridgehead atoms. The van der Waals surface area contributed by atoms with Crippen LogP contribution < -0.4 is 0 Å². The van der Waals surface area contributed by atoms with Crippen molar-refractivity contribution in [1.29, 1.82) is 0 Å². The van der Waals surface area contributed by atoms with Crippen molar-refractivity contribution in [3.8, 4) is 0 Å². The highest BCUT2D eigenvalue weighted by atomic mass is 16.6. The Kier molecular flexibility index (Phi) is 5.05. The van der Waals surface area contributed by atoms with Crippen LogP contribution in [0.1, 0.15) is 78.6 Å². The van der Waals surface area contributed by atoms with Crippen molar-refractivity contribution in [3.05, 3.63) is 0 Å². The average molecular weight is 375 g/mol. The number of hydrogen-bond donors (Lipinski definition) is 0. The molecule has 3 unspecified atom stereocenters. The first-order chi connectivity index (χ1) is 13.0. The molecule has 27 heavy (non-hydrogen) atoms. The molecule has 0 amide bonds. The van der Waals surface area contributed by atoms with Crippen molar-refractivity contribution in [2.45, 2.75) is 78.6 Å². The molecule has 0 radical (unpaired) electrons. The predicted molar refractivity (Wildman–Crippen MR) is 110 cm³/mol. The summed E-state index contributed by atoms with van der Waals surface area (Å²) in [5.41, 5.74) is 3.39. The van der Waals surface area contributed by atoms with E-state index in [1.165, 1.54) is 49.9 Å². The van der Waals surface area contributed by atoms with Gasteiger partial charge in [0, 0.05) is 5.92 Å². The smallest absolute Gasteiger partial charge is 0.106 e. The Morgan fingerprint density at radius 3 is 2.48 bits per heavy atom. The summed E-state index contributed by atoms with van der Waals surface area (Å²) < 4.78 is 0. The third-order valence-electron chi connectivity index (χ3n) is 9.32. The third kappa shape index (κ3) is 2.84. The van der Waals surface area contributed by atoms with Gasteiger partial charge in [0.05, 0.1) is 11.4 Å². The molecule has 0 aromatic rings. The molecule has 4 aliphatic carbocycles. The second-order valence-corrected chi connectivity index (χ2v) is 10.2. The van der Waals surface area contributed by atoms with Gasteiger partial charge in [0.2, 0.25) is 0 Å². The Morgan fingerprint density at radius 2 is 1.78 bits per heavy atom. The minimum atomic E-state index is 0.332. The topological polar surface area (TPSA) is 43.2 Å². The molecule has 0 aromatic carbocycles. The Hall–Kier alpha value is -1.06. The summed E-state index contributed by atoms with van der Waals surface area (Å²) in [4.78, 5) is 10.5. The van der Waals surface area contributed by atoms with E-state index in [-0.39, 0.29) is 0 Å². The fourth-order valence-corrected chi connectivity index (χ4v) is 8.10. The van der Waals surface area contributed by atoms with E-state index >= 15 is 0 Å². The minimum absolute atomic E-state index is 0.332. The highest BCUT2D eigenvalue weighted by molar-refractivity contribution is 5.90. The molecule has 0 saturated heterocycles. The maximum atomic E-state index is 5.42. The monoisotopic (exact) mass is 374 g/mol. The van der Waals surface area contributed by atoms with Gasteiger partial charge in [-0.15, -0.1) is 0 Å². The molecular formula is C23H38N2O2. The standard InChI is InChI=1S/C23H38N2O2/c1-6-15-8-10-19-18-9-7-16-13-17(24-26-4)11-12-22(16,2)21(18)20(25-27-5)14-23(15,19)3/h15-16,18-19,21H,6-14H2,1-5H3/t15-,16-,18?,19?,21?,22-,23+/m0/s1. The Balaban J connectivity index is 1.70. The molecule has 4 fully saturated rings. The summed E-state index contributed by atoms with van der Waals surface area (Å²) in [5.74, 6) is 3.81. The Morgan fingerprint density at radius 1 is 1.00 bits per heavy atom. The fourth-order valence-electron chi connectivity index (χ4n) is 8.10. The van der Waals surface area contributed by atoms with E-state index in [0.29, 0.717) is 22.7 Å². The quantitative estimate of drug-likeness (QED) is 0.597. The van der Waals surface area contributed by atoms with Crippen LogP contribution in [0.25, 0.3) is 0 Å². The fraction of sp³-hybridized carbons (Fsp3) is 0.913. The lowest BCUT2D eigenvalue weighted by atomic mass is 9.44. The van der Waals surface area contributed by atoms with Gasteiger partial charge in [-0.2, -0.15) is 0 Å². The molecule has 7 atom stereocenters. The Bertz CT molecular complexity index is 630. The van der Waals surface area contributed by atoms with Crippen molar-refractivity contribution >= 4 is 11.4 Å². The average Bonchev–Trinajstić information content (AvgIpc) is 2.98. The summed E-state index contributed by atoms with van der Waals surface area (Å²) in [6, 6.07) is 0. The molecule has 4 saturated carbocycles. The normalized spacial score (nSPS) is 49.4. The van der Waals surface area contributed by atoms with Gasteiger partial charge < -0.3 is 9.68 Å². The summed E-state index contributed by atoms with van der Waals surface area (Å²) >= 11 is 0. The van der Waals surface area contributed by atoms with Gasteiger partial charge in [-0.1, -0.05) is 37.5 Å². The zero-order valence-corrected chi connectivity index (χ0v) is 18.0. The van der Waals surface area contributed by atoms with Gasteiger partial charge in [0.15, 0.2) is 0 Å². The van der Waals surface area contributed by atoms with E-state index in [4.69, 9.17) is 14.8 Å². The van der Waals surface area contributed by atoms with Crippen molar-refractivity contribution in [1.82, 2.24) is 0 Å². The van der Waals surface area contributed by atoms with E-state index in [9.17, 15) is 0 Å². The molecule has 0 heterocycles. The summed E-state index contributed by atoms with van der Waals surface area (Å²) in [6.45, 7) is 7.50.